The van der Waals surface area contributed by atoms with Crippen molar-refractivity contribution in [1.82, 2.24) is 10.2 Å². The maximum absolute atomic E-state index is 9.33. The highest BCUT2D eigenvalue weighted by Crippen LogP contribution is 2.23. The van der Waals surface area contributed by atoms with Gasteiger partial charge in [0.15, 0.2) is 5.82 Å². The predicted molar refractivity (Wildman–Crippen MR) is 90.4 cm³/mol. The van der Waals surface area contributed by atoms with Crippen molar-refractivity contribution in [3.05, 3.63) is 41.1 Å². The van der Waals surface area contributed by atoms with Gasteiger partial charge in [0, 0.05) is 12.3 Å². The maximum Gasteiger partial charge on any atom is 0.171 e. The monoisotopic (exact) mass is 324 g/mol. The molecule has 1 N–H and O–H groups in total. The summed E-state index contributed by atoms with van der Waals surface area (Å²) >= 11 is 0. The third-order valence-corrected chi connectivity index (χ3v) is 4.14. The molecule has 1 aliphatic rings. The number of benzene rings is 1. The molecule has 1 atom stereocenters. The molecule has 1 unspecified atom stereocenters. The van der Waals surface area contributed by atoms with Crippen LogP contribution >= 0.6 is 0 Å². The minimum Gasteiger partial charge on any atom is -0.491 e. The Hall–Kier alpha value is -2.65. The zero-order valence-electron chi connectivity index (χ0n) is 13.9. The number of hydrogen-bond donors (Lipinski definition) is 1. The molecule has 6 heteroatoms. The van der Waals surface area contributed by atoms with Crippen LogP contribution in [0.3, 0.4) is 0 Å². The molecule has 0 saturated carbocycles. The fraction of sp³-hybridized carbons (Fsp3) is 0.389. The van der Waals surface area contributed by atoms with Crippen molar-refractivity contribution in [1.29, 1.82) is 5.26 Å². The van der Waals surface area contributed by atoms with Crippen LogP contribution in [0.2, 0.25) is 0 Å². The number of nitrogens with zero attached hydrogens (tertiary/aromatic N) is 3. The Morgan fingerprint density at radius 3 is 2.75 bits per heavy atom. The molecule has 24 heavy (non-hydrogen) atoms. The van der Waals surface area contributed by atoms with Crippen molar-refractivity contribution in [2.45, 2.75) is 32.8 Å². The molecule has 124 valence electrons. The lowest BCUT2D eigenvalue weighted by molar-refractivity contribution is 0.0679. The number of hydrogen-bond acceptors (Lipinski definition) is 6. The summed E-state index contributed by atoms with van der Waals surface area (Å²) in [6.45, 7) is 5.12. The van der Waals surface area contributed by atoms with Crippen LogP contribution in [0.15, 0.2) is 24.3 Å². The van der Waals surface area contributed by atoms with E-state index in [1.807, 2.05) is 38.1 Å². The van der Waals surface area contributed by atoms with Crippen molar-refractivity contribution in [2.75, 3.05) is 18.5 Å². The van der Waals surface area contributed by atoms with Gasteiger partial charge >= 0.3 is 0 Å². The van der Waals surface area contributed by atoms with Crippen molar-refractivity contribution < 1.29 is 9.47 Å². The van der Waals surface area contributed by atoms with E-state index in [2.05, 4.69) is 21.6 Å². The van der Waals surface area contributed by atoms with Crippen LogP contribution in [0.5, 0.6) is 5.75 Å². The molecular weight excluding hydrogens is 304 g/mol. The van der Waals surface area contributed by atoms with Gasteiger partial charge in [0.05, 0.1) is 11.8 Å². The number of aryl methyl sites for hydroxylation is 1. The molecule has 0 radical (unpaired) electrons. The van der Waals surface area contributed by atoms with E-state index < -0.39 is 0 Å². The highest BCUT2D eigenvalue weighted by Gasteiger charge is 2.16. The second-order valence-electron chi connectivity index (χ2n) is 5.84. The van der Waals surface area contributed by atoms with Crippen molar-refractivity contribution in [2.24, 2.45) is 0 Å². The molecule has 0 spiro atoms. The highest BCUT2D eigenvalue weighted by atomic mass is 16.5. The largest absolute Gasteiger partial charge is 0.491 e. The van der Waals surface area contributed by atoms with Gasteiger partial charge < -0.3 is 14.8 Å². The van der Waals surface area contributed by atoms with Crippen molar-refractivity contribution in [3.8, 4) is 11.8 Å². The summed E-state index contributed by atoms with van der Waals surface area (Å²) in [5.74, 6) is 1.26. The Morgan fingerprint density at radius 2 is 2.08 bits per heavy atom. The number of ether oxygens (including phenoxy) is 2. The van der Waals surface area contributed by atoms with Crippen LogP contribution in [0.25, 0.3) is 0 Å². The Morgan fingerprint density at radius 1 is 1.29 bits per heavy atom. The van der Waals surface area contributed by atoms with E-state index in [9.17, 15) is 5.26 Å². The van der Waals surface area contributed by atoms with Gasteiger partial charge in [-0.2, -0.15) is 10.4 Å². The highest BCUT2D eigenvalue weighted by molar-refractivity contribution is 5.64. The van der Waals surface area contributed by atoms with E-state index in [-0.39, 0.29) is 6.10 Å². The molecule has 1 aromatic heterocycles. The third kappa shape index (κ3) is 3.63. The van der Waals surface area contributed by atoms with Crippen LogP contribution in [-0.2, 0) is 4.74 Å². The molecule has 2 aromatic rings. The van der Waals surface area contributed by atoms with Gasteiger partial charge in [-0.3, -0.25) is 0 Å². The summed E-state index contributed by atoms with van der Waals surface area (Å²) in [5, 5.41) is 20.6. The molecule has 2 heterocycles. The Labute approximate surface area is 141 Å². The van der Waals surface area contributed by atoms with Gasteiger partial charge in [-0.05, 0) is 56.5 Å². The second kappa shape index (κ2) is 7.28. The van der Waals surface area contributed by atoms with E-state index in [0.717, 1.165) is 42.1 Å². The second-order valence-corrected chi connectivity index (χ2v) is 5.84. The Bertz CT molecular complexity index is 747. The fourth-order valence-electron chi connectivity index (χ4n) is 2.57. The summed E-state index contributed by atoms with van der Waals surface area (Å²) < 4.78 is 11.3. The van der Waals surface area contributed by atoms with Gasteiger partial charge in [0.2, 0.25) is 0 Å². The maximum atomic E-state index is 9.33. The topological polar surface area (TPSA) is 80.1 Å². The number of rotatable bonds is 5. The third-order valence-electron chi connectivity index (χ3n) is 4.14. The Kier molecular flexibility index (Phi) is 4.92. The lowest BCUT2D eigenvalue weighted by Gasteiger charge is -2.12. The number of nitrogens with one attached hydrogen (secondary N) is 1. The standard InChI is InChI=1S/C18H20N4O2/c1-12-13(2)21-22-18(17(12)10-19)20-14-5-7-15(8-6-14)24-11-16-4-3-9-23-16/h5-8,16H,3-4,9,11H2,1-2H3,(H,20,22). The van der Waals surface area contributed by atoms with Crippen LogP contribution in [0, 0.1) is 25.2 Å². The molecule has 1 aromatic carbocycles. The zero-order valence-corrected chi connectivity index (χ0v) is 13.9. The lowest BCUT2D eigenvalue weighted by Crippen LogP contribution is -2.16. The normalized spacial score (nSPS) is 16.6. The van der Waals surface area contributed by atoms with E-state index in [1.165, 1.54) is 0 Å². The first-order chi connectivity index (χ1) is 11.7. The van der Waals surface area contributed by atoms with Gasteiger partial charge in [-0.25, -0.2) is 0 Å². The number of anilines is 2. The molecule has 0 bridgehead atoms. The molecule has 0 aliphatic carbocycles. The molecule has 1 aliphatic heterocycles. The van der Waals surface area contributed by atoms with Gasteiger partial charge in [0.25, 0.3) is 0 Å². The summed E-state index contributed by atoms with van der Waals surface area (Å²) in [6, 6.07) is 9.74. The van der Waals surface area contributed by atoms with Crippen molar-refractivity contribution in [3.63, 3.8) is 0 Å². The fourth-order valence-corrected chi connectivity index (χ4v) is 2.57. The summed E-state index contributed by atoms with van der Waals surface area (Å²) in [7, 11) is 0. The van der Waals surface area contributed by atoms with Gasteiger partial charge in [-0.1, -0.05) is 0 Å². The molecule has 0 amide bonds. The SMILES string of the molecule is Cc1nnc(Nc2ccc(OCC3CCCO3)cc2)c(C#N)c1C. The molecule has 1 fully saturated rings. The van der Waals surface area contributed by atoms with Crippen LogP contribution < -0.4 is 10.1 Å². The molecular formula is C18H20N4O2. The van der Waals surface area contributed by atoms with E-state index in [4.69, 9.17) is 9.47 Å². The molecule has 1 saturated heterocycles. The van der Waals surface area contributed by atoms with Gasteiger partial charge in [-0.15, -0.1) is 5.10 Å². The quantitative estimate of drug-likeness (QED) is 0.909. The first kappa shape index (κ1) is 16.2. The average Bonchev–Trinajstić information content (AvgIpc) is 3.11. The van der Waals surface area contributed by atoms with Crippen molar-refractivity contribution >= 4 is 11.5 Å². The van der Waals surface area contributed by atoms with E-state index >= 15 is 0 Å². The Balaban J connectivity index is 1.66. The smallest absolute Gasteiger partial charge is 0.171 e. The summed E-state index contributed by atoms with van der Waals surface area (Å²) in [5.41, 5.74) is 2.94. The van der Waals surface area contributed by atoms with Crippen LogP contribution in [0.4, 0.5) is 11.5 Å². The van der Waals surface area contributed by atoms with Crippen LogP contribution in [0.1, 0.15) is 29.7 Å². The minimum atomic E-state index is 0.201. The zero-order chi connectivity index (χ0) is 16.9. The average molecular weight is 324 g/mol. The predicted octanol–water partition coefficient (Wildman–Crippen LogP) is 3.27. The minimum absolute atomic E-state index is 0.201. The molecule has 3 rings (SSSR count). The van der Waals surface area contributed by atoms with E-state index in [0.29, 0.717) is 18.0 Å². The number of nitriles is 1. The molecule has 6 nitrogen and oxygen atoms in total. The van der Waals surface area contributed by atoms with Gasteiger partial charge in [0.1, 0.15) is 24.0 Å². The van der Waals surface area contributed by atoms with E-state index in [1.54, 1.807) is 0 Å². The first-order valence-electron chi connectivity index (χ1n) is 8.03. The lowest BCUT2D eigenvalue weighted by atomic mass is 10.1. The van der Waals surface area contributed by atoms with Crippen LogP contribution in [-0.4, -0.2) is 29.5 Å². The first-order valence-corrected chi connectivity index (χ1v) is 8.03. The summed E-state index contributed by atoms with van der Waals surface area (Å²) in [6.07, 6.45) is 2.36. The number of aromatic nitrogens is 2. The summed E-state index contributed by atoms with van der Waals surface area (Å²) in [4.78, 5) is 0.